The SMILES string of the molecule is CCNc1cc(C(=O)N2CCCCC2CCO)cc(Cl)n1. The van der Waals surface area contributed by atoms with Crippen molar-refractivity contribution >= 4 is 23.3 Å². The quantitative estimate of drug-likeness (QED) is 0.820. The summed E-state index contributed by atoms with van der Waals surface area (Å²) >= 11 is 6.00. The molecule has 0 aromatic carbocycles. The number of likely N-dealkylation sites (tertiary alicyclic amines) is 1. The van der Waals surface area contributed by atoms with Gasteiger partial charge in [0.2, 0.25) is 0 Å². The van der Waals surface area contributed by atoms with Gasteiger partial charge in [0.05, 0.1) is 0 Å². The van der Waals surface area contributed by atoms with E-state index < -0.39 is 0 Å². The van der Waals surface area contributed by atoms with E-state index in [0.29, 0.717) is 23.0 Å². The van der Waals surface area contributed by atoms with Crippen molar-refractivity contribution in [2.75, 3.05) is 25.0 Å². The molecule has 1 amide bonds. The van der Waals surface area contributed by atoms with Crippen LogP contribution in [0.3, 0.4) is 0 Å². The van der Waals surface area contributed by atoms with Gasteiger partial charge < -0.3 is 15.3 Å². The summed E-state index contributed by atoms with van der Waals surface area (Å²) in [6.45, 7) is 3.53. The minimum Gasteiger partial charge on any atom is -0.396 e. The summed E-state index contributed by atoms with van der Waals surface area (Å²) in [5.74, 6) is 0.584. The number of carbonyl (C=O) groups is 1. The summed E-state index contributed by atoms with van der Waals surface area (Å²) in [6, 6.07) is 3.46. The van der Waals surface area contributed by atoms with Gasteiger partial charge in [-0.05, 0) is 44.7 Å². The van der Waals surface area contributed by atoms with E-state index in [1.165, 1.54) is 0 Å². The van der Waals surface area contributed by atoms with Gasteiger partial charge >= 0.3 is 0 Å². The number of aliphatic hydroxyl groups is 1. The van der Waals surface area contributed by atoms with E-state index in [9.17, 15) is 4.79 Å². The van der Waals surface area contributed by atoms with Crippen LogP contribution < -0.4 is 5.32 Å². The lowest BCUT2D eigenvalue weighted by Gasteiger charge is -2.35. The topological polar surface area (TPSA) is 65.5 Å². The molecule has 116 valence electrons. The highest BCUT2D eigenvalue weighted by molar-refractivity contribution is 6.29. The molecule has 0 aliphatic carbocycles. The van der Waals surface area contributed by atoms with E-state index in [2.05, 4.69) is 10.3 Å². The van der Waals surface area contributed by atoms with Crippen molar-refractivity contribution < 1.29 is 9.90 Å². The Labute approximate surface area is 130 Å². The van der Waals surface area contributed by atoms with Gasteiger partial charge in [-0.15, -0.1) is 0 Å². The molecule has 1 aliphatic heterocycles. The summed E-state index contributed by atoms with van der Waals surface area (Å²) in [4.78, 5) is 18.7. The highest BCUT2D eigenvalue weighted by Crippen LogP contribution is 2.23. The fraction of sp³-hybridized carbons (Fsp3) is 0.600. The van der Waals surface area contributed by atoms with Gasteiger partial charge in [0, 0.05) is 31.3 Å². The Morgan fingerprint density at radius 3 is 3.05 bits per heavy atom. The summed E-state index contributed by atoms with van der Waals surface area (Å²) in [5, 5.41) is 12.6. The van der Waals surface area contributed by atoms with Crippen LogP contribution >= 0.6 is 11.6 Å². The van der Waals surface area contributed by atoms with E-state index >= 15 is 0 Å². The van der Waals surface area contributed by atoms with Gasteiger partial charge in [0.15, 0.2) is 0 Å². The molecule has 21 heavy (non-hydrogen) atoms. The first-order valence-corrected chi connectivity index (χ1v) is 7.86. The number of amides is 1. The van der Waals surface area contributed by atoms with Gasteiger partial charge in [-0.3, -0.25) is 4.79 Å². The number of pyridine rings is 1. The van der Waals surface area contributed by atoms with Crippen molar-refractivity contribution in [3.05, 3.63) is 22.8 Å². The van der Waals surface area contributed by atoms with Gasteiger partial charge in [0.25, 0.3) is 5.91 Å². The number of halogens is 1. The Kier molecular flexibility index (Phi) is 5.82. The van der Waals surface area contributed by atoms with Crippen molar-refractivity contribution in [3.8, 4) is 0 Å². The molecule has 2 rings (SSSR count). The van der Waals surface area contributed by atoms with Crippen LogP contribution in [0.25, 0.3) is 0 Å². The lowest BCUT2D eigenvalue weighted by molar-refractivity contribution is 0.0574. The normalized spacial score (nSPS) is 18.6. The van der Waals surface area contributed by atoms with Crippen LogP contribution in [-0.4, -0.2) is 46.6 Å². The van der Waals surface area contributed by atoms with Crippen LogP contribution in [0, 0.1) is 0 Å². The fourth-order valence-corrected chi connectivity index (χ4v) is 2.98. The highest BCUT2D eigenvalue weighted by atomic mass is 35.5. The van der Waals surface area contributed by atoms with Crippen molar-refractivity contribution in [2.45, 2.75) is 38.6 Å². The molecule has 2 N–H and O–H groups in total. The average Bonchev–Trinajstić information content (AvgIpc) is 2.47. The van der Waals surface area contributed by atoms with Crippen molar-refractivity contribution in [3.63, 3.8) is 0 Å². The molecule has 1 atom stereocenters. The maximum Gasteiger partial charge on any atom is 0.254 e. The maximum atomic E-state index is 12.7. The zero-order chi connectivity index (χ0) is 15.2. The second kappa shape index (κ2) is 7.61. The summed E-state index contributed by atoms with van der Waals surface area (Å²) in [5.41, 5.74) is 0.552. The smallest absolute Gasteiger partial charge is 0.254 e. The van der Waals surface area contributed by atoms with Crippen LogP contribution in [-0.2, 0) is 0 Å². The monoisotopic (exact) mass is 311 g/mol. The third-order valence-corrected chi connectivity index (χ3v) is 3.94. The molecule has 1 fully saturated rings. The van der Waals surface area contributed by atoms with Crippen molar-refractivity contribution in [1.82, 2.24) is 9.88 Å². The average molecular weight is 312 g/mol. The number of carbonyl (C=O) groups excluding carboxylic acids is 1. The standard InChI is InChI=1S/C15H22ClN3O2/c1-2-17-14-10-11(9-13(16)18-14)15(21)19-7-4-3-5-12(19)6-8-20/h9-10,12,20H,2-8H2,1H3,(H,17,18). The highest BCUT2D eigenvalue weighted by Gasteiger charge is 2.27. The molecule has 0 bridgehead atoms. The number of nitrogens with zero attached hydrogens (tertiary/aromatic N) is 2. The minimum absolute atomic E-state index is 0.0309. The van der Waals surface area contributed by atoms with E-state index in [1.807, 2.05) is 11.8 Å². The number of hydrogen-bond donors (Lipinski definition) is 2. The lowest BCUT2D eigenvalue weighted by atomic mass is 9.98. The molecule has 1 saturated heterocycles. The molecule has 2 heterocycles. The first-order chi connectivity index (χ1) is 10.2. The number of anilines is 1. The zero-order valence-corrected chi connectivity index (χ0v) is 13.1. The second-order valence-electron chi connectivity index (χ2n) is 5.25. The minimum atomic E-state index is -0.0309. The molecule has 0 spiro atoms. The van der Waals surface area contributed by atoms with E-state index in [-0.39, 0.29) is 18.6 Å². The predicted octanol–water partition coefficient (Wildman–Crippen LogP) is 2.54. The van der Waals surface area contributed by atoms with E-state index in [0.717, 1.165) is 32.4 Å². The summed E-state index contributed by atoms with van der Waals surface area (Å²) < 4.78 is 0. The van der Waals surface area contributed by atoms with Crippen molar-refractivity contribution in [1.29, 1.82) is 0 Å². The first kappa shape index (κ1) is 16.0. The van der Waals surface area contributed by atoms with Crippen LogP contribution in [0.4, 0.5) is 5.82 Å². The first-order valence-electron chi connectivity index (χ1n) is 7.49. The second-order valence-corrected chi connectivity index (χ2v) is 5.64. The molecule has 6 heteroatoms. The molecule has 0 saturated carbocycles. The molecule has 1 aliphatic rings. The van der Waals surface area contributed by atoms with Gasteiger partial charge in [-0.1, -0.05) is 11.6 Å². The predicted molar refractivity (Wildman–Crippen MR) is 83.8 cm³/mol. The largest absolute Gasteiger partial charge is 0.396 e. The maximum absolute atomic E-state index is 12.7. The fourth-order valence-electron chi connectivity index (χ4n) is 2.77. The van der Waals surface area contributed by atoms with Gasteiger partial charge in [-0.2, -0.15) is 0 Å². The third-order valence-electron chi connectivity index (χ3n) is 3.75. The van der Waals surface area contributed by atoms with Gasteiger partial charge in [0.1, 0.15) is 11.0 Å². The van der Waals surface area contributed by atoms with Crippen LogP contribution in [0.1, 0.15) is 43.0 Å². The zero-order valence-electron chi connectivity index (χ0n) is 12.3. The number of piperidine rings is 1. The molecule has 0 radical (unpaired) electrons. The van der Waals surface area contributed by atoms with Gasteiger partial charge in [-0.25, -0.2) is 4.98 Å². The Morgan fingerprint density at radius 1 is 1.52 bits per heavy atom. The number of nitrogens with one attached hydrogen (secondary N) is 1. The Hall–Kier alpha value is -1.33. The van der Waals surface area contributed by atoms with E-state index in [4.69, 9.17) is 16.7 Å². The molecule has 1 unspecified atom stereocenters. The Balaban J connectivity index is 2.21. The summed E-state index contributed by atoms with van der Waals surface area (Å²) in [7, 11) is 0. The van der Waals surface area contributed by atoms with Crippen LogP contribution in [0.15, 0.2) is 12.1 Å². The van der Waals surface area contributed by atoms with Crippen molar-refractivity contribution in [2.24, 2.45) is 0 Å². The lowest BCUT2D eigenvalue weighted by Crippen LogP contribution is -2.44. The number of aromatic nitrogens is 1. The van der Waals surface area contributed by atoms with Crippen LogP contribution in [0.5, 0.6) is 0 Å². The molecule has 1 aromatic rings. The number of aliphatic hydroxyl groups excluding tert-OH is 1. The molecule has 5 nitrogen and oxygen atoms in total. The number of rotatable bonds is 5. The molecule has 1 aromatic heterocycles. The van der Waals surface area contributed by atoms with E-state index in [1.54, 1.807) is 12.1 Å². The summed E-state index contributed by atoms with van der Waals surface area (Å²) in [6.07, 6.45) is 3.69. The molecular formula is C15H22ClN3O2. The van der Waals surface area contributed by atoms with Crippen LogP contribution in [0.2, 0.25) is 5.15 Å². The third kappa shape index (κ3) is 4.08. The molecular weight excluding hydrogens is 290 g/mol. The Bertz CT molecular complexity index is 494. The number of hydrogen-bond acceptors (Lipinski definition) is 4. The Morgan fingerprint density at radius 2 is 2.33 bits per heavy atom.